The number of rotatable bonds is 6. The Bertz CT molecular complexity index is 739. The molecule has 0 unspecified atom stereocenters. The van der Waals surface area contributed by atoms with Crippen LogP contribution < -0.4 is 10.9 Å². The number of aromatic nitrogens is 2. The Morgan fingerprint density at radius 1 is 1.27 bits per heavy atom. The third-order valence-electron chi connectivity index (χ3n) is 3.08. The first kappa shape index (κ1) is 15.7. The number of ether oxygens (including phenoxy) is 1. The summed E-state index contributed by atoms with van der Waals surface area (Å²) in [7, 11) is 0. The second-order valence-electron chi connectivity index (χ2n) is 4.73. The van der Waals surface area contributed by atoms with Gasteiger partial charge < -0.3 is 10.1 Å². The summed E-state index contributed by atoms with van der Waals surface area (Å²) >= 11 is 0. The molecule has 0 saturated carbocycles. The highest BCUT2D eigenvalue weighted by molar-refractivity contribution is 6.02. The Labute approximate surface area is 126 Å². The molecule has 0 bridgehead atoms. The number of hydrogen-bond donors (Lipinski definition) is 2. The number of unbranched alkanes of at least 4 members (excludes halogenated alkanes) is 1. The predicted molar refractivity (Wildman–Crippen MR) is 80.6 cm³/mol. The molecule has 22 heavy (non-hydrogen) atoms. The Kier molecular flexibility index (Phi) is 5.24. The lowest BCUT2D eigenvalue weighted by Gasteiger charge is -2.07. The molecular weight excluding hydrogens is 286 g/mol. The second kappa shape index (κ2) is 7.35. The van der Waals surface area contributed by atoms with Crippen LogP contribution in [0, 0.1) is 0 Å². The average molecular weight is 303 g/mol. The lowest BCUT2D eigenvalue weighted by Crippen LogP contribution is -2.30. The standard InChI is InChI=1S/C15H17N3O4/c1-2-3-8-16-12(19)9-22-15(21)13-10-6-4-5-7-11(10)14(20)18-17-13/h4-7H,2-3,8-9H2,1H3,(H,16,19)(H,18,20). The van der Waals surface area contributed by atoms with Gasteiger partial charge >= 0.3 is 5.97 Å². The van der Waals surface area contributed by atoms with Crippen LogP contribution in [0.25, 0.3) is 10.8 Å². The molecule has 1 amide bonds. The molecule has 0 radical (unpaired) electrons. The molecule has 7 nitrogen and oxygen atoms in total. The van der Waals surface area contributed by atoms with Crippen LogP contribution in [0.4, 0.5) is 0 Å². The molecule has 0 saturated heterocycles. The first-order valence-electron chi connectivity index (χ1n) is 7.04. The minimum atomic E-state index is -0.752. The number of amides is 1. The maximum Gasteiger partial charge on any atom is 0.359 e. The van der Waals surface area contributed by atoms with Crippen molar-refractivity contribution in [2.45, 2.75) is 19.8 Å². The number of H-pyrrole nitrogens is 1. The zero-order valence-electron chi connectivity index (χ0n) is 12.2. The SMILES string of the molecule is CCCCNC(=O)COC(=O)c1n[nH]c(=O)c2ccccc12. The van der Waals surface area contributed by atoms with Crippen LogP contribution in [-0.4, -0.2) is 35.2 Å². The van der Waals surface area contributed by atoms with Gasteiger partial charge in [-0.1, -0.05) is 31.5 Å². The van der Waals surface area contributed by atoms with E-state index in [9.17, 15) is 14.4 Å². The van der Waals surface area contributed by atoms with Crippen molar-refractivity contribution in [3.05, 3.63) is 40.3 Å². The normalized spacial score (nSPS) is 10.4. The molecule has 0 atom stereocenters. The zero-order chi connectivity index (χ0) is 15.9. The Morgan fingerprint density at radius 2 is 2.00 bits per heavy atom. The highest BCUT2D eigenvalue weighted by Crippen LogP contribution is 2.13. The van der Waals surface area contributed by atoms with Crippen molar-refractivity contribution >= 4 is 22.6 Å². The van der Waals surface area contributed by atoms with Gasteiger partial charge in [0.25, 0.3) is 11.5 Å². The van der Waals surface area contributed by atoms with Crippen molar-refractivity contribution in [2.75, 3.05) is 13.2 Å². The monoisotopic (exact) mass is 303 g/mol. The minimum Gasteiger partial charge on any atom is -0.451 e. The van der Waals surface area contributed by atoms with E-state index in [1.54, 1.807) is 24.3 Å². The van der Waals surface area contributed by atoms with E-state index in [1.807, 2.05) is 6.92 Å². The smallest absolute Gasteiger partial charge is 0.359 e. The molecule has 2 aromatic rings. The van der Waals surface area contributed by atoms with E-state index < -0.39 is 5.97 Å². The van der Waals surface area contributed by atoms with Gasteiger partial charge in [0.15, 0.2) is 12.3 Å². The third kappa shape index (κ3) is 3.69. The Hall–Kier alpha value is -2.70. The summed E-state index contributed by atoms with van der Waals surface area (Å²) in [4.78, 5) is 35.2. The lowest BCUT2D eigenvalue weighted by molar-refractivity contribution is -0.124. The van der Waals surface area contributed by atoms with Gasteiger partial charge in [-0.15, -0.1) is 0 Å². The largest absolute Gasteiger partial charge is 0.451 e. The summed E-state index contributed by atoms with van der Waals surface area (Å²) in [6.45, 7) is 2.18. The first-order chi connectivity index (χ1) is 10.6. The molecule has 0 aliphatic rings. The van der Waals surface area contributed by atoms with Crippen molar-refractivity contribution in [3.8, 4) is 0 Å². The highest BCUT2D eigenvalue weighted by Gasteiger charge is 2.16. The zero-order valence-corrected chi connectivity index (χ0v) is 12.2. The molecule has 0 spiro atoms. The molecule has 0 fully saturated rings. The molecule has 116 valence electrons. The number of fused-ring (bicyclic) bond motifs is 1. The molecule has 2 N–H and O–H groups in total. The molecule has 0 aliphatic heterocycles. The van der Waals surface area contributed by atoms with Crippen molar-refractivity contribution < 1.29 is 14.3 Å². The molecule has 7 heteroatoms. The number of hydrogen-bond acceptors (Lipinski definition) is 5. The van der Waals surface area contributed by atoms with Crippen molar-refractivity contribution in [2.24, 2.45) is 0 Å². The van der Waals surface area contributed by atoms with Crippen LogP contribution in [0.2, 0.25) is 0 Å². The van der Waals surface area contributed by atoms with Gasteiger partial charge in [-0.3, -0.25) is 9.59 Å². The number of esters is 1. The number of nitrogens with one attached hydrogen (secondary N) is 2. The molecule has 1 heterocycles. The van der Waals surface area contributed by atoms with Gasteiger partial charge in [-0.25, -0.2) is 9.89 Å². The number of benzene rings is 1. The summed E-state index contributed by atoms with van der Waals surface area (Å²) in [5.41, 5.74) is -0.402. The topological polar surface area (TPSA) is 101 Å². The van der Waals surface area contributed by atoms with Crippen LogP contribution in [0.5, 0.6) is 0 Å². The van der Waals surface area contributed by atoms with Crippen LogP contribution in [0.15, 0.2) is 29.1 Å². The average Bonchev–Trinajstić information content (AvgIpc) is 2.53. The van der Waals surface area contributed by atoms with E-state index >= 15 is 0 Å². The fraction of sp³-hybridized carbons (Fsp3) is 0.333. The first-order valence-corrected chi connectivity index (χ1v) is 7.04. The van der Waals surface area contributed by atoms with Gasteiger partial charge in [0.1, 0.15) is 0 Å². The van der Waals surface area contributed by atoms with E-state index in [2.05, 4.69) is 15.5 Å². The third-order valence-corrected chi connectivity index (χ3v) is 3.08. The van der Waals surface area contributed by atoms with Gasteiger partial charge in [0.2, 0.25) is 0 Å². The van der Waals surface area contributed by atoms with E-state index in [-0.39, 0.29) is 23.8 Å². The minimum absolute atomic E-state index is 0.0171. The fourth-order valence-corrected chi connectivity index (χ4v) is 1.93. The number of aromatic amines is 1. The van der Waals surface area contributed by atoms with Crippen molar-refractivity contribution in [3.63, 3.8) is 0 Å². The molecule has 1 aromatic heterocycles. The summed E-state index contributed by atoms with van der Waals surface area (Å²) in [6.07, 6.45) is 1.83. The molecule has 2 rings (SSSR count). The Balaban J connectivity index is 2.06. The number of carbonyl (C=O) groups excluding carboxylic acids is 2. The molecule has 1 aromatic carbocycles. The van der Waals surface area contributed by atoms with Crippen LogP contribution in [-0.2, 0) is 9.53 Å². The summed E-state index contributed by atoms with van der Waals surface area (Å²) in [5.74, 6) is -1.12. The number of nitrogens with zero attached hydrogens (tertiary/aromatic N) is 1. The molecular formula is C15H17N3O4. The van der Waals surface area contributed by atoms with E-state index in [0.717, 1.165) is 12.8 Å². The van der Waals surface area contributed by atoms with E-state index in [1.165, 1.54) is 0 Å². The van der Waals surface area contributed by atoms with Gasteiger partial charge in [-0.05, 0) is 12.5 Å². The Morgan fingerprint density at radius 3 is 2.73 bits per heavy atom. The van der Waals surface area contributed by atoms with Crippen molar-refractivity contribution in [1.29, 1.82) is 0 Å². The number of carbonyl (C=O) groups is 2. The molecule has 0 aliphatic carbocycles. The summed E-state index contributed by atoms with van der Waals surface area (Å²) < 4.78 is 4.93. The van der Waals surface area contributed by atoms with Gasteiger partial charge in [0, 0.05) is 11.9 Å². The van der Waals surface area contributed by atoms with Gasteiger partial charge in [-0.2, -0.15) is 5.10 Å². The van der Waals surface area contributed by atoms with E-state index in [0.29, 0.717) is 17.3 Å². The summed E-state index contributed by atoms with van der Waals surface area (Å²) in [5, 5.41) is 9.34. The summed E-state index contributed by atoms with van der Waals surface area (Å²) in [6, 6.07) is 6.57. The van der Waals surface area contributed by atoms with Crippen LogP contribution in [0.3, 0.4) is 0 Å². The maximum absolute atomic E-state index is 12.0. The quantitative estimate of drug-likeness (QED) is 0.612. The predicted octanol–water partition coefficient (Wildman–Crippen LogP) is 0.996. The van der Waals surface area contributed by atoms with Crippen LogP contribution >= 0.6 is 0 Å². The van der Waals surface area contributed by atoms with E-state index in [4.69, 9.17) is 4.74 Å². The van der Waals surface area contributed by atoms with Crippen LogP contribution in [0.1, 0.15) is 30.3 Å². The second-order valence-corrected chi connectivity index (χ2v) is 4.73. The van der Waals surface area contributed by atoms with Gasteiger partial charge in [0.05, 0.1) is 5.39 Å². The van der Waals surface area contributed by atoms with Crippen molar-refractivity contribution in [1.82, 2.24) is 15.5 Å². The lowest BCUT2D eigenvalue weighted by atomic mass is 10.1. The maximum atomic E-state index is 12.0. The highest BCUT2D eigenvalue weighted by atomic mass is 16.5. The fourth-order valence-electron chi connectivity index (χ4n) is 1.93.